The number of aryl methyl sites for hydroxylation is 1. The van der Waals surface area contributed by atoms with E-state index in [1.165, 1.54) is 0 Å². The number of nitrogens with zero attached hydrogens (tertiary/aromatic N) is 3. The number of imidazole rings is 1. The van der Waals surface area contributed by atoms with E-state index in [9.17, 15) is 9.90 Å². The van der Waals surface area contributed by atoms with Crippen molar-refractivity contribution in [3.63, 3.8) is 0 Å². The lowest BCUT2D eigenvalue weighted by Gasteiger charge is -2.37. The van der Waals surface area contributed by atoms with Gasteiger partial charge >= 0.3 is 0 Å². The molecule has 1 aromatic heterocycles. The maximum absolute atomic E-state index is 12.9. The molecule has 1 N–H and O–H groups in total. The first-order valence-corrected chi connectivity index (χ1v) is 8.67. The minimum Gasteiger partial charge on any atom is -0.395 e. The molecular weight excluding hydrogens is 290 g/mol. The summed E-state index contributed by atoms with van der Waals surface area (Å²) < 4.78 is 1.92. The molecule has 1 heterocycles. The van der Waals surface area contributed by atoms with E-state index < -0.39 is 0 Å². The first kappa shape index (κ1) is 18.0. The number of rotatable bonds is 5. The van der Waals surface area contributed by atoms with Crippen molar-refractivity contribution in [1.29, 1.82) is 0 Å². The Bertz CT molecular complexity index is 511. The van der Waals surface area contributed by atoms with Crippen LogP contribution < -0.4 is 0 Å². The quantitative estimate of drug-likeness (QED) is 0.907. The van der Waals surface area contributed by atoms with Crippen molar-refractivity contribution in [3.8, 4) is 0 Å². The van der Waals surface area contributed by atoms with Gasteiger partial charge in [0.2, 0.25) is 5.91 Å². The molecule has 0 bridgehead atoms. The number of aromatic nitrogens is 2. The van der Waals surface area contributed by atoms with Crippen molar-refractivity contribution < 1.29 is 9.90 Å². The van der Waals surface area contributed by atoms with Gasteiger partial charge in [0.05, 0.1) is 25.2 Å². The lowest BCUT2D eigenvalue weighted by molar-refractivity contribution is -0.138. The fraction of sp³-hybridized carbons (Fsp3) is 0.778. The molecule has 0 spiro atoms. The molecule has 1 fully saturated rings. The minimum atomic E-state index is 0.000920. The van der Waals surface area contributed by atoms with Crippen LogP contribution in [0.3, 0.4) is 0 Å². The number of hydrogen-bond donors (Lipinski definition) is 1. The summed E-state index contributed by atoms with van der Waals surface area (Å²) in [6, 6.07) is 0. The third-order valence-electron chi connectivity index (χ3n) is 5.25. The second-order valence-corrected chi connectivity index (χ2v) is 7.89. The van der Waals surface area contributed by atoms with E-state index in [4.69, 9.17) is 0 Å². The van der Waals surface area contributed by atoms with Crippen LogP contribution in [0.5, 0.6) is 0 Å². The summed E-state index contributed by atoms with van der Waals surface area (Å²) in [6.07, 6.45) is 7.71. The Morgan fingerprint density at radius 2 is 2.00 bits per heavy atom. The summed E-state index contributed by atoms with van der Waals surface area (Å²) in [7, 11) is 1.93. The molecule has 0 aliphatic heterocycles. The molecule has 1 amide bonds. The van der Waals surface area contributed by atoms with Gasteiger partial charge in [-0.1, -0.05) is 20.8 Å². The summed E-state index contributed by atoms with van der Waals surface area (Å²) in [6.45, 7) is 7.79. The Balaban J connectivity index is 1.97. The number of amides is 1. The molecule has 0 saturated heterocycles. The van der Waals surface area contributed by atoms with E-state index in [-0.39, 0.29) is 18.4 Å². The number of carbonyl (C=O) groups excluding carboxylic acids is 1. The highest BCUT2D eigenvalue weighted by molar-refractivity contribution is 5.78. The Morgan fingerprint density at radius 3 is 2.48 bits per heavy atom. The van der Waals surface area contributed by atoms with Gasteiger partial charge in [-0.3, -0.25) is 4.79 Å². The van der Waals surface area contributed by atoms with Gasteiger partial charge in [-0.2, -0.15) is 0 Å². The van der Waals surface area contributed by atoms with Crippen LogP contribution in [0.2, 0.25) is 0 Å². The lowest BCUT2D eigenvalue weighted by Crippen LogP contribution is -2.40. The van der Waals surface area contributed by atoms with Crippen molar-refractivity contribution in [2.75, 3.05) is 13.2 Å². The molecule has 0 radical (unpaired) electrons. The summed E-state index contributed by atoms with van der Waals surface area (Å²) >= 11 is 0. The SMILES string of the molecule is Cn1cncc1CN(CCO)C(=O)C1CCC(C(C)(C)C)CC1. The highest BCUT2D eigenvalue weighted by Crippen LogP contribution is 2.40. The molecule has 0 aromatic carbocycles. The maximum atomic E-state index is 12.9. The average molecular weight is 321 g/mol. The van der Waals surface area contributed by atoms with Gasteiger partial charge in [-0.15, -0.1) is 0 Å². The smallest absolute Gasteiger partial charge is 0.226 e. The van der Waals surface area contributed by atoms with Gasteiger partial charge in [-0.05, 0) is 37.0 Å². The van der Waals surface area contributed by atoms with Gasteiger partial charge < -0.3 is 14.6 Å². The predicted molar refractivity (Wildman–Crippen MR) is 90.6 cm³/mol. The summed E-state index contributed by atoms with van der Waals surface area (Å²) in [4.78, 5) is 18.8. The van der Waals surface area contributed by atoms with E-state index in [1.54, 1.807) is 17.4 Å². The van der Waals surface area contributed by atoms with Crippen LogP contribution in [-0.4, -0.2) is 38.6 Å². The zero-order valence-electron chi connectivity index (χ0n) is 15.0. The molecule has 1 aromatic rings. The molecule has 23 heavy (non-hydrogen) atoms. The van der Waals surface area contributed by atoms with Crippen LogP contribution in [0.1, 0.15) is 52.1 Å². The van der Waals surface area contributed by atoms with Gasteiger partial charge in [0, 0.05) is 25.7 Å². The molecule has 0 unspecified atom stereocenters. The first-order valence-electron chi connectivity index (χ1n) is 8.67. The van der Waals surface area contributed by atoms with E-state index in [0.29, 0.717) is 24.4 Å². The standard InChI is InChI=1S/C18H31N3O2/c1-18(2,3)15-7-5-14(6-8-15)17(23)21(9-10-22)12-16-11-19-13-20(16)4/h11,13-15,22H,5-10,12H2,1-4H3. The summed E-state index contributed by atoms with van der Waals surface area (Å²) in [5.41, 5.74) is 1.32. The molecule has 130 valence electrons. The van der Waals surface area contributed by atoms with Crippen LogP contribution in [-0.2, 0) is 18.4 Å². The molecule has 1 saturated carbocycles. The molecular formula is C18H31N3O2. The van der Waals surface area contributed by atoms with Crippen LogP contribution in [0.4, 0.5) is 0 Å². The van der Waals surface area contributed by atoms with Crippen LogP contribution >= 0.6 is 0 Å². The number of carbonyl (C=O) groups is 1. The van der Waals surface area contributed by atoms with Gasteiger partial charge in [0.1, 0.15) is 0 Å². The largest absolute Gasteiger partial charge is 0.395 e. The van der Waals surface area contributed by atoms with Crippen LogP contribution in [0.15, 0.2) is 12.5 Å². The van der Waals surface area contributed by atoms with E-state index in [2.05, 4.69) is 25.8 Å². The molecule has 2 rings (SSSR count). The van der Waals surface area contributed by atoms with Crippen molar-refractivity contribution in [3.05, 3.63) is 18.2 Å². The van der Waals surface area contributed by atoms with Crippen molar-refractivity contribution >= 4 is 5.91 Å². The lowest BCUT2D eigenvalue weighted by atomic mass is 9.69. The fourth-order valence-electron chi connectivity index (χ4n) is 3.58. The zero-order chi connectivity index (χ0) is 17.0. The highest BCUT2D eigenvalue weighted by atomic mass is 16.3. The first-order chi connectivity index (χ1) is 10.8. The molecule has 5 heteroatoms. The van der Waals surface area contributed by atoms with Gasteiger partial charge in [-0.25, -0.2) is 4.98 Å². The van der Waals surface area contributed by atoms with Crippen LogP contribution in [0.25, 0.3) is 0 Å². The third kappa shape index (κ3) is 4.56. The molecule has 1 aliphatic rings. The topological polar surface area (TPSA) is 58.4 Å². The van der Waals surface area contributed by atoms with Gasteiger partial charge in [0.25, 0.3) is 0 Å². The second-order valence-electron chi connectivity index (χ2n) is 7.89. The summed E-state index contributed by atoms with van der Waals surface area (Å²) in [5.74, 6) is 0.996. The molecule has 1 aliphatic carbocycles. The Morgan fingerprint density at radius 1 is 1.35 bits per heavy atom. The Kier molecular flexibility index (Phi) is 5.84. The zero-order valence-corrected chi connectivity index (χ0v) is 15.0. The van der Waals surface area contributed by atoms with Crippen molar-refractivity contribution in [2.24, 2.45) is 24.3 Å². The second kappa shape index (κ2) is 7.47. The monoisotopic (exact) mass is 321 g/mol. The third-order valence-corrected chi connectivity index (χ3v) is 5.25. The van der Waals surface area contributed by atoms with Crippen molar-refractivity contribution in [2.45, 2.75) is 53.0 Å². The van der Waals surface area contributed by atoms with Crippen LogP contribution in [0, 0.1) is 17.3 Å². The number of hydrogen-bond acceptors (Lipinski definition) is 3. The van der Waals surface area contributed by atoms with E-state index in [0.717, 1.165) is 31.4 Å². The molecule has 0 atom stereocenters. The van der Waals surface area contributed by atoms with E-state index >= 15 is 0 Å². The number of aliphatic hydroxyl groups is 1. The Labute approximate surface area is 139 Å². The van der Waals surface area contributed by atoms with Crippen molar-refractivity contribution in [1.82, 2.24) is 14.5 Å². The minimum absolute atomic E-state index is 0.000920. The van der Waals surface area contributed by atoms with E-state index in [1.807, 2.05) is 11.6 Å². The highest BCUT2D eigenvalue weighted by Gasteiger charge is 2.34. The number of aliphatic hydroxyl groups excluding tert-OH is 1. The van der Waals surface area contributed by atoms with Gasteiger partial charge in [0.15, 0.2) is 0 Å². The predicted octanol–water partition coefficient (Wildman–Crippen LogP) is 2.59. The maximum Gasteiger partial charge on any atom is 0.226 e. The fourth-order valence-corrected chi connectivity index (χ4v) is 3.58. The summed E-state index contributed by atoms with van der Waals surface area (Å²) in [5, 5.41) is 9.31. The normalized spacial score (nSPS) is 22.1. The Hall–Kier alpha value is -1.36. The molecule has 5 nitrogen and oxygen atoms in total. The average Bonchev–Trinajstić information content (AvgIpc) is 2.90.